The average Bonchev–Trinajstić information content (AvgIpc) is 2.81. The molecule has 5 nitrogen and oxygen atoms in total. The number of piperazine rings is 1. The van der Waals surface area contributed by atoms with Crippen LogP contribution in [0, 0.1) is 17.1 Å². The molecule has 31 heavy (non-hydrogen) atoms. The normalized spacial score (nSPS) is 15.6. The molecule has 1 saturated heterocycles. The molecule has 1 fully saturated rings. The van der Waals surface area contributed by atoms with Crippen LogP contribution in [0.4, 0.5) is 4.39 Å². The van der Waals surface area contributed by atoms with Crippen molar-refractivity contribution in [2.75, 3.05) is 26.2 Å². The highest BCUT2D eigenvalue weighted by Gasteiger charge is 2.33. The Morgan fingerprint density at radius 3 is 1.87 bits per heavy atom. The minimum atomic E-state index is -3.96. The molecule has 158 valence electrons. The van der Waals surface area contributed by atoms with Crippen LogP contribution in [0.5, 0.6) is 0 Å². The second-order valence-corrected chi connectivity index (χ2v) is 9.30. The van der Waals surface area contributed by atoms with E-state index in [0.29, 0.717) is 13.1 Å². The molecule has 4 rings (SSSR count). The lowest BCUT2D eigenvalue weighted by atomic mass is 9.96. The van der Waals surface area contributed by atoms with Crippen molar-refractivity contribution >= 4 is 10.0 Å². The molecule has 0 radical (unpaired) electrons. The molecule has 0 aliphatic carbocycles. The van der Waals surface area contributed by atoms with Crippen molar-refractivity contribution in [3.8, 4) is 6.07 Å². The first kappa shape index (κ1) is 21.2. The summed E-state index contributed by atoms with van der Waals surface area (Å²) in [5, 5.41) is 9.25. The fraction of sp³-hybridized carbons (Fsp3) is 0.208. The molecule has 0 N–H and O–H groups in total. The number of hydrogen-bond acceptors (Lipinski definition) is 4. The van der Waals surface area contributed by atoms with Gasteiger partial charge >= 0.3 is 0 Å². The third kappa shape index (κ3) is 4.23. The van der Waals surface area contributed by atoms with E-state index in [0.717, 1.165) is 17.2 Å². The summed E-state index contributed by atoms with van der Waals surface area (Å²) >= 11 is 0. The zero-order valence-electron chi connectivity index (χ0n) is 16.9. The van der Waals surface area contributed by atoms with Crippen molar-refractivity contribution in [1.82, 2.24) is 9.21 Å². The van der Waals surface area contributed by atoms with Gasteiger partial charge in [0.25, 0.3) is 0 Å². The number of rotatable bonds is 5. The molecule has 0 saturated carbocycles. The van der Waals surface area contributed by atoms with Crippen LogP contribution in [0.3, 0.4) is 0 Å². The van der Waals surface area contributed by atoms with Crippen LogP contribution in [0.2, 0.25) is 0 Å². The molecule has 0 amide bonds. The maximum absolute atomic E-state index is 14.0. The quantitative estimate of drug-likeness (QED) is 0.612. The molecule has 3 aromatic carbocycles. The van der Waals surface area contributed by atoms with E-state index in [9.17, 15) is 18.1 Å². The minimum absolute atomic E-state index is 0.0103. The monoisotopic (exact) mass is 435 g/mol. The fourth-order valence-electron chi connectivity index (χ4n) is 4.05. The van der Waals surface area contributed by atoms with E-state index in [1.54, 1.807) is 6.07 Å². The van der Waals surface area contributed by atoms with Crippen molar-refractivity contribution in [1.29, 1.82) is 5.26 Å². The summed E-state index contributed by atoms with van der Waals surface area (Å²) in [5.41, 5.74) is 1.85. The Morgan fingerprint density at radius 2 is 1.35 bits per heavy atom. The first-order valence-electron chi connectivity index (χ1n) is 10.0. The first-order chi connectivity index (χ1) is 15.0. The molecule has 0 aromatic heterocycles. The number of nitriles is 1. The van der Waals surface area contributed by atoms with Gasteiger partial charge in [0.1, 0.15) is 22.3 Å². The lowest BCUT2D eigenvalue weighted by Crippen LogP contribution is -2.49. The van der Waals surface area contributed by atoms with Gasteiger partial charge in [-0.3, -0.25) is 4.90 Å². The Morgan fingerprint density at radius 1 is 0.806 bits per heavy atom. The average molecular weight is 436 g/mol. The molecule has 1 aliphatic rings. The van der Waals surface area contributed by atoms with Gasteiger partial charge < -0.3 is 0 Å². The largest absolute Gasteiger partial charge is 0.290 e. The van der Waals surface area contributed by atoms with E-state index < -0.39 is 21.4 Å². The maximum atomic E-state index is 14.0. The molecule has 0 atom stereocenters. The predicted molar refractivity (Wildman–Crippen MR) is 116 cm³/mol. The second-order valence-electron chi connectivity index (χ2n) is 7.39. The molecular formula is C24H22FN3O2S. The van der Waals surface area contributed by atoms with Crippen molar-refractivity contribution in [3.63, 3.8) is 0 Å². The first-order valence-corrected chi connectivity index (χ1v) is 11.5. The zero-order valence-corrected chi connectivity index (χ0v) is 17.7. The van der Waals surface area contributed by atoms with Gasteiger partial charge in [0.15, 0.2) is 0 Å². The Kier molecular flexibility index (Phi) is 6.14. The summed E-state index contributed by atoms with van der Waals surface area (Å²) in [7, 11) is -3.96. The predicted octanol–water partition coefficient (Wildman–Crippen LogP) is 3.79. The lowest BCUT2D eigenvalue weighted by molar-refractivity contribution is 0.156. The molecule has 0 unspecified atom stereocenters. The number of sulfonamides is 1. The Labute approximate surface area is 182 Å². The molecule has 0 spiro atoms. The smallest absolute Gasteiger partial charge is 0.244 e. The van der Waals surface area contributed by atoms with Gasteiger partial charge in [0, 0.05) is 26.2 Å². The summed E-state index contributed by atoms with van der Waals surface area (Å²) in [5.74, 6) is -0.824. The van der Waals surface area contributed by atoms with Crippen LogP contribution in [0.1, 0.15) is 22.7 Å². The summed E-state index contributed by atoms with van der Waals surface area (Å²) in [6.45, 7) is 1.57. The SMILES string of the molecule is N#Cc1c(F)cccc1S(=O)(=O)N1CCN(C(c2ccccc2)c2ccccc2)CC1. The van der Waals surface area contributed by atoms with Gasteiger partial charge in [-0.1, -0.05) is 66.7 Å². The third-order valence-electron chi connectivity index (χ3n) is 5.57. The van der Waals surface area contributed by atoms with E-state index in [1.165, 1.54) is 16.4 Å². The van der Waals surface area contributed by atoms with Crippen LogP contribution in [-0.2, 0) is 10.0 Å². The highest BCUT2D eigenvalue weighted by Crippen LogP contribution is 2.31. The number of benzene rings is 3. The maximum Gasteiger partial charge on any atom is 0.244 e. The van der Waals surface area contributed by atoms with Crippen LogP contribution >= 0.6 is 0 Å². The molecular weight excluding hydrogens is 413 g/mol. The molecule has 0 bridgehead atoms. The summed E-state index contributed by atoms with van der Waals surface area (Å²) in [4.78, 5) is 1.99. The van der Waals surface area contributed by atoms with Gasteiger partial charge in [-0.15, -0.1) is 0 Å². The summed E-state index contributed by atoms with van der Waals surface area (Å²) in [6.07, 6.45) is 0. The minimum Gasteiger partial charge on any atom is -0.290 e. The summed E-state index contributed by atoms with van der Waals surface area (Å²) in [6, 6.07) is 25.7. The van der Waals surface area contributed by atoms with Crippen molar-refractivity contribution < 1.29 is 12.8 Å². The Hall–Kier alpha value is -3.05. The van der Waals surface area contributed by atoms with Gasteiger partial charge in [0.05, 0.1) is 6.04 Å². The summed E-state index contributed by atoms with van der Waals surface area (Å²) < 4.78 is 41.6. The number of halogens is 1. The van der Waals surface area contributed by atoms with Crippen molar-refractivity contribution in [2.24, 2.45) is 0 Å². The highest BCUT2D eigenvalue weighted by atomic mass is 32.2. The second kappa shape index (κ2) is 8.98. The molecule has 1 aliphatic heterocycles. The third-order valence-corrected chi connectivity index (χ3v) is 7.52. The lowest BCUT2D eigenvalue weighted by Gasteiger charge is -2.39. The van der Waals surface area contributed by atoms with E-state index in [4.69, 9.17) is 0 Å². The number of nitrogens with zero attached hydrogens (tertiary/aromatic N) is 3. The van der Waals surface area contributed by atoms with E-state index in [1.807, 2.05) is 36.4 Å². The molecule has 7 heteroatoms. The van der Waals surface area contributed by atoms with Gasteiger partial charge in [-0.05, 0) is 23.3 Å². The Bertz CT molecular complexity index is 1150. The van der Waals surface area contributed by atoms with Gasteiger partial charge in [-0.2, -0.15) is 9.57 Å². The Balaban J connectivity index is 1.59. The standard InChI is InChI=1S/C24H22FN3O2S/c25-22-12-7-13-23(21(22)18-26)31(29,30)28-16-14-27(15-17-28)24(19-8-3-1-4-9-19)20-10-5-2-6-11-20/h1-13,24H,14-17H2. The van der Waals surface area contributed by atoms with Crippen LogP contribution in [0.25, 0.3) is 0 Å². The molecule has 3 aromatic rings. The highest BCUT2D eigenvalue weighted by molar-refractivity contribution is 7.89. The van der Waals surface area contributed by atoms with Crippen molar-refractivity contribution in [3.05, 3.63) is 101 Å². The number of hydrogen-bond donors (Lipinski definition) is 0. The van der Waals surface area contributed by atoms with Crippen molar-refractivity contribution in [2.45, 2.75) is 10.9 Å². The van der Waals surface area contributed by atoms with E-state index in [-0.39, 0.29) is 24.0 Å². The van der Waals surface area contributed by atoms with E-state index in [2.05, 4.69) is 29.2 Å². The van der Waals surface area contributed by atoms with E-state index >= 15 is 0 Å². The van der Waals surface area contributed by atoms with Crippen LogP contribution in [0.15, 0.2) is 83.8 Å². The van der Waals surface area contributed by atoms with Gasteiger partial charge in [0.2, 0.25) is 10.0 Å². The fourth-order valence-corrected chi connectivity index (χ4v) is 5.63. The van der Waals surface area contributed by atoms with Crippen LogP contribution in [-0.4, -0.2) is 43.8 Å². The topological polar surface area (TPSA) is 64.4 Å². The van der Waals surface area contributed by atoms with Gasteiger partial charge in [-0.25, -0.2) is 12.8 Å². The zero-order chi connectivity index (χ0) is 21.8. The van der Waals surface area contributed by atoms with Crippen LogP contribution < -0.4 is 0 Å². The molecule has 1 heterocycles.